The summed E-state index contributed by atoms with van der Waals surface area (Å²) in [5, 5.41) is 2.85. The van der Waals surface area contributed by atoms with Crippen LogP contribution >= 0.6 is 0 Å². The third-order valence-corrected chi connectivity index (χ3v) is 6.39. The molecule has 1 saturated heterocycles. The molecule has 0 aromatic heterocycles. The maximum absolute atomic E-state index is 12.1. The topological polar surface area (TPSA) is 41.6 Å². The summed E-state index contributed by atoms with van der Waals surface area (Å²) < 4.78 is 5.86. The van der Waals surface area contributed by atoms with Crippen LogP contribution < -0.4 is 5.32 Å². The Morgan fingerprint density at radius 2 is 1.60 bits per heavy atom. The van der Waals surface area contributed by atoms with Gasteiger partial charge in [-0.1, -0.05) is 56.7 Å². The number of carbonyl (C=O) groups excluding carboxylic acids is 1. The van der Waals surface area contributed by atoms with Crippen molar-refractivity contribution in [3.05, 3.63) is 29.8 Å². The Morgan fingerprint density at radius 1 is 0.960 bits per heavy atom. The average molecular weight is 342 g/mol. The molecule has 1 spiro atoms. The quantitative estimate of drug-likeness (QED) is 0.777. The number of rotatable bonds is 1. The molecule has 2 fully saturated rings. The second-order valence-corrected chi connectivity index (χ2v) is 7.94. The van der Waals surface area contributed by atoms with E-state index in [2.05, 4.69) is 16.3 Å². The second-order valence-electron chi connectivity index (χ2n) is 7.94. The van der Waals surface area contributed by atoms with E-state index in [0.29, 0.717) is 0 Å². The molecule has 0 atom stereocenters. The van der Waals surface area contributed by atoms with Gasteiger partial charge < -0.3 is 9.64 Å². The molecule has 25 heavy (non-hydrogen) atoms. The van der Waals surface area contributed by atoms with Crippen LogP contribution in [0.2, 0.25) is 0 Å². The van der Waals surface area contributed by atoms with E-state index in [0.717, 1.165) is 43.2 Å². The van der Waals surface area contributed by atoms with Crippen molar-refractivity contribution in [2.45, 2.75) is 75.9 Å². The molecule has 1 aromatic carbocycles. The molecule has 4 nitrogen and oxygen atoms in total. The Kier molecular flexibility index (Phi) is 4.98. The summed E-state index contributed by atoms with van der Waals surface area (Å²) in [6.45, 7) is 2.07. The molecule has 4 rings (SSSR count). The summed E-state index contributed by atoms with van der Waals surface area (Å²) in [6.07, 6.45) is 12.6. The number of fused-ring (bicyclic) bond motifs is 2. The summed E-state index contributed by atoms with van der Waals surface area (Å²) in [5.74, 6) is 0. The Balaban J connectivity index is 1.46. The number of hydrogen-bond donors (Lipinski definition) is 1. The molecule has 136 valence electrons. The van der Waals surface area contributed by atoms with E-state index in [-0.39, 0.29) is 6.09 Å². The van der Waals surface area contributed by atoms with Gasteiger partial charge in [-0.25, -0.2) is 4.79 Å². The van der Waals surface area contributed by atoms with E-state index in [1.54, 1.807) is 0 Å². The molecule has 2 heterocycles. The molecule has 1 amide bonds. The number of nitrogens with zero attached hydrogens (tertiary/aromatic N) is 1. The van der Waals surface area contributed by atoms with Crippen molar-refractivity contribution < 1.29 is 9.53 Å². The summed E-state index contributed by atoms with van der Waals surface area (Å²) in [4.78, 5) is 14.7. The van der Waals surface area contributed by atoms with Crippen molar-refractivity contribution in [1.82, 2.24) is 4.90 Å². The first kappa shape index (κ1) is 16.9. The Hall–Kier alpha value is -1.55. The molecule has 1 aromatic rings. The molecular formula is C21H30N2O2. The van der Waals surface area contributed by atoms with E-state index in [1.807, 2.05) is 18.2 Å². The number of hydrogen-bond acceptors (Lipinski definition) is 3. The molecular weight excluding hydrogens is 312 g/mol. The van der Waals surface area contributed by atoms with E-state index >= 15 is 0 Å². The highest BCUT2D eigenvalue weighted by atomic mass is 16.6. The minimum absolute atomic E-state index is 0.297. The van der Waals surface area contributed by atoms with Crippen LogP contribution in [0.1, 0.15) is 69.8 Å². The zero-order valence-electron chi connectivity index (χ0n) is 15.1. The number of para-hydroxylation sites is 1. The van der Waals surface area contributed by atoms with Gasteiger partial charge in [0.05, 0.1) is 5.69 Å². The Bertz CT molecular complexity index is 598. The fraction of sp³-hybridized carbons (Fsp3) is 0.667. The molecule has 4 heteroatoms. The van der Waals surface area contributed by atoms with Crippen LogP contribution in [0.5, 0.6) is 0 Å². The van der Waals surface area contributed by atoms with Gasteiger partial charge in [0.1, 0.15) is 5.60 Å². The van der Waals surface area contributed by atoms with E-state index < -0.39 is 5.60 Å². The predicted octanol–water partition coefficient (Wildman–Crippen LogP) is 5.04. The molecule has 1 N–H and O–H groups in total. The zero-order chi connectivity index (χ0) is 17.1. The molecule has 0 unspecified atom stereocenters. The number of carbonyl (C=O) groups is 1. The van der Waals surface area contributed by atoms with E-state index in [1.165, 1.54) is 51.4 Å². The van der Waals surface area contributed by atoms with Gasteiger partial charge in [0.15, 0.2) is 0 Å². The molecule has 0 bridgehead atoms. The van der Waals surface area contributed by atoms with Gasteiger partial charge >= 0.3 is 6.09 Å². The van der Waals surface area contributed by atoms with Crippen LogP contribution in [-0.2, 0) is 10.3 Å². The van der Waals surface area contributed by atoms with Gasteiger partial charge in [-0.3, -0.25) is 5.32 Å². The van der Waals surface area contributed by atoms with Crippen LogP contribution in [0, 0.1) is 0 Å². The van der Waals surface area contributed by atoms with Gasteiger partial charge in [-0.15, -0.1) is 0 Å². The third kappa shape index (κ3) is 3.55. The molecule has 1 aliphatic carbocycles. The number of piperidine rings is 1. The van der Waals surface area contributed by atoms with Crippen LogP contribution in [0.3, 0.4) is 0 Å². The lowest BCUT2D eigenvalue weighted by molar-refractivity contribution is -0.0473. The first-order chi connectivity index (χ1) is 12.3. The van der Waals surface area contributed by atoms with Crippen molar-refractivity contribution in [3.8, 4) is 0 Å². The highest BCUT2D eigenvalue weighted by Gasteiger charge is 2.44. The minimum Gasteiger partial charge on any atom is -0.438 e. The van der Waals surface area contributed by atoms with Crippen LogP contribution in [0.25, 0.3) is 0 Å². The van der Waals surface area contributed by atoms with Crippen LogP contribution in [0.15, 0.2) is 24.3 Å². The number of nitrogens with one attached hydrogen (secondary N) is 1. The van der Waals surface area contributed by atoms with Crippen LogP contribution in [-0.4, -0.2) is 30.1 Å². The van der Waals surface area contributed by atoms with Gasteiger partial charge in [0, 0.05) is 37.5 Å². The van der Waals surface area contributed by atoms with Crippen molar-refractivity contribution in [3.63, 3.8) is 0 Å². The van der Waals surface area contributed by atoms with Crippen molar-refractivity contribution in [2.24, 2.45) is 0 Å². The van der Waals surface area contributed by atoms with Crippen molar-refractivity contribution in [2.75, 3.05) is 18.4 Å². The largest absolute Gasteiger partial charge is 0.438 e. The predicted molar refractivity (Wildman–Crippen MR) is 99.8 cm³/mol. The fourth-order valence-electron chi connectivity index (χ4n) is 4.96. The smallest absolute Gasteiger partial charge is 0.412 e. The van der Waals surface area contributed by atoms with E-state index in [9.17, 15) is 4.79 Å². The first-order valence-corrected chi connectivity index (χ1v) is 10.1. The normalized spacial score (nSPS) is 25.2. The lowest BCUT2D eigenvalue weighted by Gasteiger charge is -2.46. The standard InChI is InChI=1S/C21H30N2O2/c24-20-22-19-12-8-7-11-18(19)21(25-20)13-15-23(16-14-21)17-9-5-3-1-2-4-6-10-17/h7-8,11-12,17H,1-6,9-10,13-16H2,(H,22,24). The highest BCUT2D eigenvalue weighted by Crippen LogP contribution is 2.44. The molecule has 0 radical (unpaired) electrons. The highest BCUT2D eigenvalue weighted by molar-refractivity contribution is 5.88. The monoisotopic (exact) mass is 342 g/mol. The van der Waals surface area contributed by atoms with Crippen molar-refractivity contribution in [1.29, 1.82) is 0 Å². The van der Waals surface area contributed by atoms with Gasteiger partial charge in [0.25, 0.3) is 0 Å². The maximum atomic E-state index is 12.1. The summed E-state index contributed by atoms with van der Waals surface area (Å²) in [5.41, 5.74) is 1.66. The van der Waals surface area contributed by atoms with Gasteiger partial charge in [0.2, 0.25) is 0 Å². The number of ether oxygens (including phenoxy) is 1. The van der Waals surface area contributed by atoms with E-state index in [4.69, 9.17) is 4.74 Å². The number of amides is 1. The summed E-state index contributed by atoms with van der Waals surface area (Å²) >= 11 is 0. The van der Waals surface area contributed by atoms with Gasteiger partial charge in [-0.2, -0.15) is 0 Å². The molecule has 2 aliphatic heterocycles. The maximum Gasteiger partial charge on any atom is 0.412 e. The molecule has 1 saturated carbocycles. The second kappa shape index (κ2) is 7.36. The lowest BCUT2D eigenvalue weighted by atomic mass is 9.81. The van der Waals surface area contributed by atoms with Crippen molar-refractivity contribution >= 4 is 11.8 Å². The van der Waals surface area contributed by atoms with Crippen LogP contribution in [0.4, 0.5) is 10.5 Å². The summed E-state index contributed by atoms with van der Waals surface area (Å²) in [7, 11) is 0. The Labute approximate surface area is 150 Å². The first-order valence-electron chi connectivity index (χ1n) is 10.1. The Morgan fingerprint density at radius 3 is 2.32 bits per heavy atom. The number of anilines is 1. The zero-order valence-corrected chi connectivity index (χ0v) is 15.1. The molecule has 3 aliphatic rings. The summed E-state index contributed by atoms with van der Waals surface area (Å²) in [6, 6.07) is 8.85. The third-order valence-electron chi connectivity index (χ3n) is 6.39. The SMILES string of the molecule is O=C1Nc2ccccc2C2(CCN(C3CCCCCCCC3)CC2)O1. The minimum atomic E-state index is -0.423. The average Bonchev–Trinajstić information content (AvgIpc) is 2.76. The number of likely N-dealkylation sites (tertiary alicyclic amines) is 1. The number of benzene rings is 1. The lowest BCUT2D eigenvalue weighted by Crippen LogP contribution is -2.50. The fourth-order valence-corrected chi connectivity index (χ4v) is 4.96. The van der Waals surface area contributed by atoms with Gasteiger partial charge in [-0.05, 0) is 18.9 Å².